The van der Waals surface area contributed by atoms with Gasteiger partial charge in [0.1, 0.15) is 30.1 Å². The van der Waals surface area contributed by atoms with Crippen LogP contribution in [0.1, 0.15) is 22.3 Å². The number of amides is 1. The average molecular weight is 260 g/mol. The highest BCUT2D eigenvalue weighted by Gasteiger charge is 2.45. The molecule has 2 heterocycles. The van der Waals surface area contributed by atoms with Gasteiger partial charge in [-0.05, 0) is 0 Å². The molecule has 0 bridgehead atoms. The first-order valence-electron chi connectivity index (χ1n) is 5.07. The second-order valence-electron chi connectivity index (χ2n) is 3.76. The molecule has 6 N–H and O–H groups in total. The summed E-state index contributed by atoms with van der Waals surface area (Å²) in [6.07, 6.45) is -4.77. The Kier molecular flexibility index (Phi) is 3.54. The summed E-state index contributed by atoms with van der Waals surface area (Å²) in [4.78, 5) is 11.3. The Morgan fingerprint density at radius 3 is 2.67 bits per heavy atom. The number of H-pyrrole nitrogens is 1. The Bertz CT molecular complexity index is 437. The van der Waals surface area contributed by atoms with E-state index in [9.17, 15) is 15.0 Å². The molecule has 1 aromatic rings. The van der Waals surface area contributed by atoms with E-state index in [2.05, 4.69) is 15.4 Å². The van der Waals surface area contributed by atoms with Crippen LogP contribution in [0.15, 0.2) is 0 Å². The number of hydroxylamine groups is 1. The monoisotopic (exact) mass is 260 g/mol. The number of carbonyl (C=O) groups is 1. The zero-order valence-corrected chi connectivity index (χ0v) is 9.02. The van der Waals surface area contributed by atoms with Crippen LogP contribution < -0.4 is 5.48 Å². The molecule has 0 spiro atoms. The zero-order valence-electron chi connectivity index (χ0n) is 9.02. The number of nitrogens with one attached hydrogen (secondary N) is 2. The predicted molar refractivity (Wildman–Crippen MR) is 52.3 cm³/mol. The van der Waals surface area contributed by atoms with Gasteiger partial charge in [0.05, 0.1) is 6.61 Å². The zero-order chi connectivity index (χ0) is 13.3. The lowest BCUT2D eigenvalue weighted by molar-refractivity contribution is -0.0242. The number of hydrogen-bond donors (Lipinski definition) is 6. The second-order valence-corrected chi connectivity index (χ2v) is 3.76. The molecule has 1 aliphatic heterocycles. The van der Waals surface area contributed by atoms with E-state index in [-0.39, 0.29) is 11.4 Å². The first-order valence-corrected chi connectivity index (χ1v) is 5.07. The van der Waals surface area contributed by atoms with E-state index in [4.69, 9.17) is 15.1 Å². The summed E-state index contributed by atoms with van der Waals surface area (Å²) in [6.45, 7) is -0.492. The number of aliphatic hydroxyl groups is 3. The molecular weight excluding hydrogens is 248 g/mol. The van der Waals surface area contributed by atoms with Gasteiger partial charge in [-0.15, -0.1) is 0 Å². The molecule has 1 aromatic heterocycles. The molecule has 0 aliphatic carbocycles. The maximum Gasteiger partial charge on any atom is 0.297 e. The van der Waals surface area contributed by atoms with Crippen molar-refractivity contribution in [2.45, 2.75) is 24.4 Å². The van der Waals surface area contributed by atoms with Crippen LogP contribution >= 0.6 is 0 Å². The normalized spacial score (nSPS) is 31.6. The van der Waals surface area contributed by atoms with Crippen molar-refractivity contribution in [2.75, 3.05) is 6.61 Å². The van der Waals surface area contributed by atoms with Gasteiger partial charge in [-0.3, -0.25) is 10.0 Å². The molecule has 2 rings (SSSR count). The van der Waals surface area contributed by atoms with Crippen molar-refractivity contribution in [2.24, 2.45) is 0 Å². The standard InChI is InChI=1S/C8H12N4O6/c13-1-2-5(14)6(15)7(18-2)3-4(8(16)11-17)10-12-9-3/h2,5-7,13-15,17H,1H2,(H,11,16)(H,9,10,12)/t2-,5-,6-,7+/m1/s1. The van der Waals surface area contributed by atoms with Crippen LogP contribution in [0.5, 0.6) is 0 Å². The molecule has 1 saturated heterocycles. The minimum atomic E-state index is -1.36. The van der Waals surface area contributed by atoms with E-state index in [0.717, 1.165) is 0 Å². The van der Waals surface area contributed by atoms with Gasteiger partial charge in [0.25, 0.3) is 5.91 Å². The summed E-state index contributed by atoms with van der Waals surface area (Å²) < 4.78 is 5.18. The van der Waals surface area contributed by atoms with Crippen LogP contribution in [0.25, 0.3) is 0 Å². The topological polar surface area (TPSA) is 161 Å². The molecule has 10 heteroatoms. The highest BCUT2D eigenvalue weighted by molar-refractivity contribution is 5.92. The first kappa shape index (κ1) is 12.9. The number of ether oxygens (including phenoxy) is 1. The molecule has 0 radical (unpaired) electrons. The molecule has 100 valence electrons. The number of hydrogen-bond acceptors (Lipinski definition) is 8. The molecule has 4 atom stereocenters. The van der Waals surface area contributed by atoms with Gasteiger partial charge in [-0.1, -0.05) is 0 Å². The van der Waals surface area contributed by atoms with Crippen LogP contribution in [0, 0.1) is 0 Å². The first-order chi connectivity index (χ1) is 8.60. The third kappa shape index (κ3) is 1.95. The number of nitrogens with zero attached hydrogens (tertiary/aromatic N) is 2. The lowest BCUT2D eigenvalue weighted by Gasteiger charge is -2.12. The van der Waals surface area contributed by atoms with Gasteiger partial charge >= 0.3 is 0 Å². The van der Waals surface area contributed by atoms with E-state index >= 15 is 0 Å². The summed E-state index contributed by atoms with van der Waals surface area (Å²) >= 11 is 0. The minimum Gasteiger partial charge on any atom is -0.394 e. The highest BCUT2D eigenvalue weighted by Crippen LogP contribution is 2.33. The van der Waals surface area contributed by atoms with Crippen LogP contribution in [0.4, 0.5) is 0 Å². The van der Waals surface area contributed by atoms with E-state index in [0.29, 0.717) is 0 Å². The number of rotatable bonds is 3. The molecule has 1 fully saturated rings. The number of aromatic nitrogens is 3. The smallest absolute Gasteiger partial charge is 0.297 e. The van der Waals surface area contributed by atoms with E-state index < -0.39 is 36.9 Å². The van der Waals surface area contributed by atoms with Gasteiger partial charge in [0.2, 0.25) is 0 Å². The number of aliphatic hydroxyl groups excluding tert-OH is 3. The minimum absolute atomic E-state index is 0.0657. The van der Waals surface area contributed by atoms with Crippen LogP contribution in [-0.2, 0) is 4.74 Å². The van der Waals surface area contributed by atoms with Crippen LogP contribution in [0.3, 0.4) is 0 Å². The number of carbonyl (C=O) groups excluding carboxylic acids is 1. The summed E-state index contributed by atoms with van der Waals surface area (Å²) in [5, 5.41) is 46.1. The van der Waals surface area contributed by atoms with Crippen molar-refractivity contribution in [3.05, 3.63) is 11.4 Å². The van der Waals surface area contributed by atoms with Crippen molar-refractivity contribution >= 4 is 5.91 Å². The molecular formula is C8H12N4O6. The third-order valence-corrected chi connectivity index (χ3v) is 2.70. The summed E-state index contributed by atoms with van der Waals surface area (Å²) in [5.74, 6) is -0.934. The fourth-order valence-electron chi connectivity index (χ4n) is 1.78. The molecule has 18 heavy (non-hydrogen) atoms. The lowest BCUT2D eigenvalue weighted by Crippen LogP contribution is -2.32. The van der Waals surface area contributed by atoms with Crippen LogP contribution in [0.2, 0.25) is 0 Å². The molecule has 10 nitrogen and oxygen atoms in total. The molecule has 1 aliphatic rings. The quantitative estimate of drug-likeness (QED) is 0.249. The lowest BCUT2D eigenvalue weighted by atomic mass is 10.0. The van der Waals surface area contributed by atoms with E-state index in [1.54, 1.807) is 0 Å². The number of aromatic amines is 1. The Morgan fingerprint density at radius 2 is 2.11 bits per heavy atom. The maximum atomic E-state index is 11.3. The average Bonchev–Trinajstić information content (AvgIpc) is 2.95. The highest BCUT2D eigenvalue weighted by atomic mass is 16.6. The predicted octanol–water partition coefficient (Wildman–Crippen LogP) is -2.92. The molecule has 0 aromatic carbocycles. The van der Waals surface area contributed by atoms with Gasteiger partial charge < -0.3 is 20.1 Å². The Balaban J connectivity index is 2.27. The van der Waals surface area contributed by atoms with E-state index in [1.165, 1.54) is 5.48 Å². The summed E-state index contributed by atoms with van der Waals surface area (Å²) in [6, 6.07) is 0. The second kappa shape index (κ2) is 4.96. The van der Waals surface area contributed by atoms with Gasteiger partial charge in [0.15, 0.2) is 5.69 Å². The van der Waals surface area contributed by atoms with Crippen LogP contribution in [-0.4, -0.2) is 66.8 Å². The summed E-state index contributed by atoms with van der Waals surface area (Å²) in [7, 11) is 0. The molecule has 0 unspecified atom stereocenters. The van der Waals surface area contributed by atoms with E-state index in [1.807, 2.05) is 0 Å². The Labute approximate surface area is 100 Å². The largest absolute Gasteiger partial charge is 0.394 e. The SMILES string of the molecule is O=C(NO)c1n[nH]nc1[C@@H]1O[C@H](CO)[C@@H](O)[C@H]1O. The van der Waals surface area contributed by atoms with Gasteiger partial charge in [-0.2, -0.15) is 15.4 Å². The summed E-state index contributed by atoms with van der Waals surface area (Å²) in [5.41, 5.74) is 1.04. The molecule has 1 amide bonds. The van der Waals surface area contributed by atoms with Gasteiger partial charge in [0, 0.05) is 0 Å². The Hall–Kier alpha value is -1.59. The fourth-order valence-corrected chi connectivity index (χ4v) is 1.78. The van der Waals surface area contributed by atoms with Crippen molar-refractivity contribution in [3.8, 4) is 0 Å². The Morgan fingerprint density at radius 1 is 1.39 bits per heavy atom. The third-order valence-electron chi connectivity index (χ3n) is 2.70. The maximum absolute atomic E-state index is 11.3. The van der Waals surface area contributed by atoms with Gasteiger partial charge in [-0.25, -0.2) is 5.48 Å². The molecule has 0 saturated carbocycles. The van der Waals surface area contributed by atoms with Crippen molar-refractivity contribution in [1.29, 1.82) is 0 Å². The fraction of sp³-hybridized carbons (Fsp3) is 0.625. The van der Waals surface area contributed by atoms with Crippen molar-refractivity contribution < 1.29 is 30.1 Å². The van der Waals surface area contributed by atoms with Crippen molar-refractivity contribution in [1.82, 2.24) is 20.9 Å². The van der Waals surface area contributed by atoms with Crippen molar-refractivity contribution in [3.63, 3.8) is 0 Å².